The van der Waals surface area contributed by atoms with E-state index in [1.54, 1.807) is 35.6 Å². The van der Waals surface area contributed by atoms with Crippen LogP contribution in [0.15, 0.2) is 24.3 Å². The van der Waals surface area contributed by atoms with Gasteiger partial charge in [0.25, 0.3) is 0 Å². The van der Waals surface area contributed by atoms with Crippen LogP contribution in [-0.2, 0) is 6.42 Å². The van der Waals surface area contributed by atoms with Gasteiger partial charge < -0.3 is 5.32 Å². The Morgan fingerprint density at radius 2 is 1.42 bits per heavy atom. The van der Waals surface area contributed by atoms with E-state index in [-0.39, 0.29) is 6.03 Å². The molecular weight excluding hydrogens is 364 g/mol. The van der Waals surface area contributed by atoms with Gasteiger partial charge in [-0.1, -0.05) is 60.1 Å². The molecule has 2 aromatic rings. The molecule has 0 saturated carbocycles. The van der Waals surface area contributed by atoms with Crippen molar-refractivity contribution in [1.82, 2.24) is 0 Å². The van der Waals surface area contributed by atoms with Gasteiger partial charge in [0.05, 0.1) is 5.00 Å². The molecule has 26 heavy (non-hydrogen) atoms. The molecular formula is C21H35ClN2OS. The van der Waals surface area contributed by atoms with Crippen molar-refractivity contribution >= 4 is 39.7 Å². The van der Waals surface area contributed by atoms with E-state index in [0.29, 0.717) is 10.7 Å². The number of nitrogens with one attached hydrogen (secondary N) is 2. The Hall–Kier alpha value is -1.52. The minimum Gasteiger partial charge on any atom is -0.308 e. The van der Waals surface area contributed by atoms with Gasteiger partial charge in [-0.15, -0.1) is 11.3 Å². The lowest BCUT2D eigenvalue weighted by molar-refractivity contribution is 0.262. The van der Waals surface area contributed by atoms with E-state index in [4.69, 9.17) is 11.6 Å². The Balaban J connectivity index is 0. The second-order valence-electron chi connectivity index (χ2n) is 4.54. The fraction of sp³-hybridized carbons (Fsp3) is 0.476. The lowest BCUT2D eigenvalue weighted by Gasteiger charge is -2.07. The van der Waals surface area contributed by atoms with E-state index < -0.39 is 0 Å². The predicted molar refractivity (Wildman–Crippen MR) is 121 cm³/mol. The summed E-state index contributed by atoms with van der Waals surface area (Å²) in [6, 6.07) is 6.79. The number of carbonyl (C=O) groups excluding carboxylic acids is 1. The van der Waals surface area contributed by atoms with Crippen LogP contribution in [0.3, 0.4) is 0 Å². The fourth-order valence-electron chi connectivity index (χ4n) is 1.91. The van der Waals surface area contributed by atoms with Gasteiger partial charge in [-0.25, -0.2) is 4.79 Å². The van der Waals surface area contributed by atoms with E-state index in [0.717, 1.165) is 17.0 Å². The molecule has 0 radical (unpaired) electrons. The Labute approximate surface area is 169 Å². The molecule has 0 aliphatic carbocycles. The van der Waals surface area contributed by atoms with Crippen molar-refractivity contribution in [2.45, 2.75) is 68.7 Å². The molecule has 0 saturated heterocycles. The third kappa shape index (κ3) is 8.72. The zero-order valence-corrected chi connectivity index (χ0v) is 19.3. The molecule has 2 rings (SSSR count). The topological polar surface area (TPSA) is 41.1 Å². The third-order valence-electron chi connectivity index (χ3n) is 3.20. The van der Waals surface area contributed by atoms with Gasteiger partial charge in [0, 0.05) is 15.6 Å². The second-order valence-corrected chi connectivity index (χ2v) is 6.09. The average molecular weight is 399 g/mol. The SMILES string of the molecule is CC.CC.CC.CCc1sc(NC(=O)Nc2ccc(Cl)cc2)c(C)c1C. The van der Waals surface area contributed by atoms with Gasteiger partial charge in [-0.3, -0.25) is 5.32 Å². The standard InChI is InChI=1S/C15H17ClN2OS.3C2H6/c1-4-13-9(2)10(3)14(20-13)18-15(19)17-12-7-5-11(16)6-8-12;3*1-2/h5-8H,4H2,1-3H3,(H2,17,18,19);3*1-2H3. The molecule has 3 nitrogen and oxygen atoms in total. The summed E-state index contributed by atoms with van der Waals surface area (Å²) in [5.41, 5.74) is 3.12. The Morgan fingerprint density at radius 3 is 1.85 bits per heavy atom. The quantitative estimate of drug-likeness (QED) is 0.536. The molecule has 0 fully saturated rings. The summed E-state index contributed by atoms with van der Waals surface area (Å²) < 4.78 is 0. The molecule has 0 bridgehead atoms. The molecule has 1 aromatic heterocycles. The van der Waals surface area contributed by atoms with Crippen molar-refractivity contribution < 1.29 is 4.79 Å². The van der Waals surface area contributed by atoms with Gasteiger partial charge >= 0.3 is 6.03 Å². The smallest absolute Gasteiger partial charge is 0.308 e. The number of rotatable bonds is 3. The van der Waals surface area contributed by atoms with E-state index in [9.17, 15) is 4.79 Å². The third-order valence-corrected chi connectivity index (χ3v) is 4.90. The van der Waals surface area contributed by atoms with Crippen molar-refractivity contribution in [3.63, 3.8) is 0 Å². The number of thiophene rings is 1. The minimum absolute atomic E-state index is 0.237. The van der Waals surface area contributed by atoms with Gasteiger partial charge in [0.1, 0.15) is 0 Å². The van der Waals surface area contributed by atoms with Crippen molar-refractivity contribution in [1.29, 1.82) is 0 Å². The normalized spacial score (nSPS) is 8.69. The molecule has 0 spiro atoms. The molecule has 2 N–H and O–H groups in total. The number of benzene rings is 1. The minimum atomic E-state index is -0.237. The van der Waals surface area contributed by atoms with Crippen LogP contribution in [-0.4, -0.2) is 6.03 Å². The number of carbonyl (C=O) groups is 1. The lowest BCUT2D eigenvalue weighted by Crippen LogP contribution is -2.19. The first kappa shape index (κ1) is 26.7. The van der Waals surface area contributed by atoms with Gasteiger partial charge in [-0.2, -0.15) is 0 Å². The van der Waals surface area contributed by atoms with Crippen LogP contribution in [0.4, 0.5) is 15.5 Å². The molecule has 1 heterocycles. The Bertz CT molecular complexity index is 622. The van der Waals surface area contributed by atoms with Gasteiger partial charge in [0.2, 0.25) is 0 Å². The predicted octanol–water partition coefficient (Wildman–Crippen LogP) is 8.30. The van der Waals surface area contributed by atoms with Crippen LogP contribution >= 0.6 is 22.9 Å². The van der Waals surface area contributed by atoms with E-state index in [2.05, 4.69) is 24.5 Å². The van der Waals surface area contributed by atoms with Crippen LogP contribution in [0.2, 0.25) is 5.02 Å². The molecule has 0 unspecified atom stereocenters. The largest absolute Gasteiger partial charge is 0.324 e. The number of hydrogen-bond donors (Lipinski definition) is 2. The van der Waals surface area contributed by atoms with E-state index >= 15 is 0 Å². The monoisotopic (exact) mass is 398 g/mol. The summed E-state index contributed by atoms with van der Waals surface area (Å²) in [6.45, 7) is 18.2. The molecule has 0 aliphatic rings. The molecule has 5 heteroatoms. The first-order valence-corrected chi connectivity index (χ1v) is 10.6. The summed E-state index contributed by atoms with van der Waals surface area (Å²) in [7, 11) is 0. The van der Waals surface area contributed by atoms with Gasteiger partial charge in [0.15, 0.2) is 0 Å². The fourth-order valence-corrected chi connectivity index (χ4v) is 3.18. The Kier molecular flexibility index (Phi) is 16.1. The summed E-state index contributed by atoms with van der Waals surface area (Å²) in [5.74, 6) is 0. The number of halogens is 1. The number of amides is 2. The molecule has 0 aliphatic heterocycles. The summed E-state index contributed by atoms with van der Waals surface area (Å²) in [6.07, 6.45) is 0.984. The maximum atomic E-state index is 12.0. The van der Waals surface area contributed by atoms with E-state index in [1.165, 1.54) is 10.4 Å². The molecule has 148 valence electrons. The van der Waals surface area contributed by atoms with Gasteiger partial charge in [-0.05, 0) is 55.7 Å². The average Bonchev–Trinajstić information content (AvgIpc) is 2.96. The van der Waals surface area contributed by atoms with Crippen molar-refractivity contribution in [3.05, 3.63) is 45.3 Å². The molecule has 1 aromatic carbocycles. The Morgan fingerprint density at radius 1 is 0.923 bits per heavy atom. The van der Waals surface area contributed by atoms with Crippen molar-refractivity contribution in [3.8, 4) is 0 Å². The molecule has 0 atom stereocenters. The highest BCUT2D eigenvalue weighted by Crippen LogP contribution is 2.32. The second kappa shape index (κ2) is 15.7. The zero-order valence-electron chi connectivity index (χ0n) is 17.7. The lowest BCUT2D eigenvalue weighted by atomic mass is 10.1. The maximum absolute atomic E-state index is 12.0. The highest BCUT2D eigenvalue weighted by molar-refractivity contribution is 7.16. The highest BCUT2D eigenvalue weighted by Gasteiger charge is 2.12. The van der Waals surface area contributed by atoms with Crippen LogP contribution in [0.1, 0.15) is 64.5 Å². The summed E-state index contributed by atoms with van der Waals surface area (Å²) in [4.78, 5) is 13.3. The number of hydrogen-bond acceptors (Lipinski definition) is 2. The van der Waals surface area contributed by atoms with Crippen LogP contribution < -0.4 is 10.6 Å². The van der Waals surface area contributed by atoms with Crippen LogP contribution in [0.5, 0.6) is 0 Å². The summed E-state index contributed by atoms with van der Waals surface area (Å²) in [5, 5.41) is 7.25. The number of aryl methyl sites for hydroxylation is 1. The number of urea groups is 1. The van der Waals surface area contributed by atoms with E-state index in [1.807, 2.05) is 48.5 Å². The first-order chi connectivity index (χ1) is 12.5. The summed E-state index contributed by atoms with van der Waals surface area (Å²) >= 11 is 7.44. The molecule has 2 amide bonds. The maximum Gasteiger partial charge on any atom is 0.324 e. The highest BCUT2D eigenvalue weighted by atomic mass is 35.5. The van der Waals surface area contributed by atoms with Crippen LogP contribution in [0.25, 0.3) is 0 Å². The first-order valence-electron chi connectivity index (χ1n) is 9.43. The zero-order chi connectivity index (χ0) is 20.7. The van der Waals surface area contributed by atoms with Crippen molar-refractivity contribution in [2.75, 3.05) is 10.6 Å². The van der Waals surface area contributed by atoms with Crippen LogP contribution in [0, 0.1) is 13.8 Å². The number of anilines is 2. The van der Waals surface area contributed by atoms with Crippen molar-refractivity contribution in [2.24, 2.45) is 0 Å².